The molecule has 2 aromatic rings. The van der Waals surface area contributed by atoms with Gasteiger partial charge in [-0.2, -0.15) is 5.10 Å². The smallest absolute Gasteiger partial charge is 0.279 e. The maximum atomic E-state index is 12.1. The van der Waals surface area contributed by atoms with Crippen molar-refractivity contribution < 1.29 is 4.79 Å². The van der Waals surface area contributed by atoms with Gasteiger partial charge in [-0.15, -0.1) is 0 Å². The SMILES string of the molecule is Cc1cccnc1NC(=O)c1n[nH]c(C2CC2)c1N. The molecule has 1 saturated carbocycles. The zero-order valence-electron chi connectivity index (χ0n) is 10.6. The van der Waals surface area contributed by atoms with E-state index < -0.39 is 0 Å². The molecule has 0 atom stereocenters. The molecule has 0 aromatic carbocycles. The fourth-order valence-electron chi connectivity index (χ4n) is 2.00. The summed E-state index contributed by atoms with van der Waals surface area (Å²) in [6.07, 6.45) is 3.84. The van der Waals surface area contributed by atoms with E-state index in [0.29, 0.717) is 17.4 Å². The number of aromatic amines is 1. The molecule has 1 amide bonds. The fourth-order valence-corrected chi connectivity index (χ4v) is 2.00. The summed E-state index contributed by atoms with van der Waals surface area (Å²) in [6.45, 7) is 1.88. The van der Waals surface area contributed by atoms with Gasteiger partial charge in [-0.3, -0.25) is 9.89 Å². The second-order valence-corrected chi connectivity index (χ2v) is 4.80. The van der Waals surface area contributed by atoms with Gasteiger partial charge < -0.3 is 11.1 Å². The predicted molar refractivity (Wildman–Crippen MR) is 71.9 cm³/mol. The molecule has 0 aliphatic heterocycles. The van der Waals surface area contributed by atoms with Crippen molar-refractivity contribution in [2.45, 2.75) is 25.7 Å². The zero-order valence-corrected chi connectivity index (χ0v) is 10.6. The Labute approximate surface area is 110 Å². The van der Waals surface area contributed by atoms with Crippen molar-refractivity contribution in [3.63, 3.8) is 0 Å². The van der Waals surface area contributed by atoms with Gasteiger partial charge in [0.05, 0.1) is 11.4 Å². The highest BCUT2D eigenvalue weighted by Gasteiger charge is 2.30. The number of anilines is 2. The topological polar surface area (TPSA) is 96.7 Å². The van der Waals surface area contributed by atoms with Crippen LogP contribution in [0.4, 0.5) is 11.5 Å². The van der Waals surface area contributed by atoms with E-state index in [-0.39, 0.29) is 11.6 Å². The summed E-state index contributed by atoms with van der Waals surface area (Å²) < 4.78 is 0. The Balaban J connectivity index is 1.82. The van der Waals surface area contributed by atoms with E-state index in [2.05, 4.69) is 20.5 Å². The van der Waals surface area contributed by atoms with Crippen molar-refractivity contribution in [2.75, 3.05) is 11.1 Å². The molecule has 0 radical (unpaired) electrons. The lowest BCUT2D eigenvalue weighted by Crippen LogP contribution is -2.16. The molecule has 4 N–H and O–H groups in total. The highest BCUT2D eigenvalue weighted by Crippen LogP contribution is 2.42. The van der Waals surface area contributed by atoms with Crippen LogP contribution in [0.5, 0.6) is 0 Å². The molecule has 1 aliphatic rings. The minimum atomic E-state index is -0.331. The lowest BCUT2D eigenvalue weighted by atomic mass is 10.2. The number of H-pyrrole nitrogens is 1. The van der Waals surface area contributed by atoms with E-state index >= 15 is 0 Å². The van der Waals surface area contributed by atoms with E-state index in [4.69, 9.17) is 5.73 Å². The van der Waals surface area contributed by atoms with Crippen LogP contribution in [0.2, 0.25) is 0 Å². The first-order chi connectivity index (χ1) is 9.16. The number of aryl methyl sites for hydroxylation is 1. The molecule has 6 nitrogen and oxygen atoms in total. The molecule has 3 rings (SSSR count). The number of nitrogen functional groups attached to an aromatic ring is 1. The molecule has 0 spiro atoms. The van der Waals surface area contributed by atoms with Gasteiger partial charge in [0.1, 0.15) is 5.82 Å². The Hall–Kier alpha value is -2.37. The summed E-state index contributed by atoms with van der Waals surface area (Å²) in [5.41, 5.74) is 8.43. The average Bonchev–Trinajstić information content (AvgIpc) is 3.15. The Morgan fingerprint density at radius 2 is 2.32 bits per heavy atom. The van der Waals surface area contributed by atoms with E-state index in [9.17, 15) is 4.79 Å². The van der Waals surface area contributed by atoms with Crippen molar-refractivity contribution >= 4 is 17.4 Å². The van der Waals surface area contributed by atoms with E-state index in [1.165, 1.54) is 0 Å². The summed E-state index contributed by atoms with van der Waals surface area (Å²) in [5, 5.41) is 9.60. The van der Waals surface area contributed by atoms with Crippen LogP contribution in [0.1, 0.15) is 40.5 Å². The number of amides is 1. The first-order valence-corrected chi connectivity index (χ1v) is 6.23. The number of carbonyl (C=O) groups excluding carboxylic acids is 1. The van der Waals surface area contributed by atoms with Crippen LogP contribution < -0.4 is 11.1 Å². The van der Waals surface area contributed by atoms with Crippen molar-refractivity contribution in [1.29, 1.82) is 0 Å². The van der Waals surface area contributed by atoms with Crippen LogP contribution in [0.15, 0.2) is 18.3 Å². The van der Waals surface area contributed by atoms with Crippen molar-refractivity contribution in [2.24, 2.45) is 0 Å². The lowest BCUT2D eigenvalue weighted by molar-refractivity contribution is 0.102. The van der Waals surface area contributed by atoms with Crippen molar-refractivity contribution in [3.05, 3.63) is 35.3 Å². The number of hydrogen-bond acceptors (Lipinski definition) is 4. The summed E-state index contributed by atoms with van der Waals surface area (Å²) in [5.74, 6) is 0.635. The number of nitrogens with two attached hydrogens (primary N) is 1. The minimum absolute atomic E-state index is 0.243. The molecular formula is C13H15N5O. The zero-order chi connectivity index (χ0) is 13.4. The Morgan fingerprint density at radius 1 is 1.53 bits per heavy atom. The van der Waals surface area contributed by atoms with Crippen LogP contribution in [0, 0.1) is 6.92 Å². The number of rotatable bonds is 3. The number of hydrogen-bond donors (Lipinski definition) is 3. The molecule has 6 heteroatoms. The van der Waals surface area contributed by atoms with Crippen LogP contribution in [-0.4, -0.2) is 21.1 Å². The summed E-state index contributed by atoms with van der Waals surface area (Å²) in [4.78, 5) is 16.2. The van der Waals surface area contributed by atoms with Gasteiger partial charge in [-0.1, -0.05) is 6.07 Å². The van der Waals surface area contributed by atoms with Gasteiger partial charge >= 0.3 is 0 Å². The Bertz CT molecular complexity index is 630. The third-order valence-electron chi connectivity index (χ3n) is 3.28. The Kier molecular flexibility index (Phi) is 2.70. The quantitative estimate of drug-likeness (QED) is 0.781. The second-order valence-electron chi connectivity index (χ2n) is 4.80. The Morgan fingerprint density at radius 3 is 3.00 bits per heavy atom. The van der Waals surface area contributed by atoms with Gasteiger partial charge in [0.25, 0.3) is 5.91 Å². The average molecular weight is 257 g/mol. The van der Waals surface area contributed by atoms with Gasteiger partial charge in [0, 0.05) is 12.1 Å². The van der Waals surface area contributed by atoms with Crippen LogP contribution in [-0.2, 0) is 0 Å². The minimum Gasteiger partial charge on any atom is -0.395 e. The second kappa shape index (κ2) is 4.38. The van der Waals surface area contributed by atoms with Crippen molar-refractivity contribution in [1.82, 2.24) is 15.2 Å². The van der Waals surface area contributed by atoms with Crippen molar-refractivity contribution in [3.8, 4) is 0 Å². The van der Waals surface area contributed by atoms with Crippen LogP contribution in [0.25, 0.3) is 0 Å². The fraction of sp³-hybridized carbons (Fsp3) is 0.308. The summed E-state index contributed by atoms with van der Waals surface area (Å²) in [6, 6.07) is 3.70. The molecule has 0 saturated heterocycles. The highest BCUT2D eigenvalue weighted by molar-refractivity contribution is 6.06. The predicted octanol–water partition coefficient (Wildman–Crippen LogP) is 1.83. The summed E-state index contributed by atoms with van der Waals surface area (Å²) >= 11 is 0. The largest absolute Gasteiger partial charge is 0.395 e. The maximum Gasteiger partial charge on any atom is 0.279 e. The van der Waals surface area contributed by atoms with E-state index in [0.717, 1.165) is 24.1 Å². The lowest BCUT2D eigenvalue weighted by Gasteiger charge is -2.05. The van der Waals surface area contributed by atoms with Gasteiger partial charge in [-0.05, 0) is 31.4 Å². The van der Waals surface area contributed by atoms with Gasteiger partial charge in [-0.25, -0.2) is 4.98 Å². The number of nitrogens with one attached hydrogen (secondary N) is 2. The molecule has 0 unspecified atom stereocenters. The highest BCUT2D eigenvalue weighted by atomic mass is 16.2. The number of carbonyl (C=O) groups is 1. The summed E-state index contributed by atoms with van der Waals surface area (Å²) in [7, 11) is 0. The standard InChI is InChI=1S/C13H15N5O/c1-7-3-2-6-15-12(7)16-13(19)11-9(14)10(17-18-11)8-4-5-8/h2-3,6,8H,4-5,14H2,1H3,(H,17,18)(H,15,16,19). The monoisotopic (exact) mass is 257 g/mol. The molecule has 2 aromatic heterocycles. The van der Waals surface area contributed by atoms with Gasteiger partial charge in [0.15, 0.2) is 5.69 Å². The molecule has 0 bridgehead atoms. The number of pyridine rings is 1. The van der Waals surface area contributed by atoms with E-state index in [1.54, 1.807) is 6.20 Å². The molecular weight excluding hydrogens is 242 g/mol. The normalized spacial score (nSPS) is 14.4. The van der Waals surface area contributed by atoms with Crippen LogP contribution in [0.3, 0.4) is 0 Å². The third-order valence-corrected chi connectivity index (χ3v) is 3.28. The first-order valence-electron chi connectivity index (χ1n) is 6.23. The number of nitrogens with zero attached hydrogens (tertiary/aromatic N) is 2. The third kappa shape index (κ3) is 2.16. The first kappa shape index (κ1) is 11.7. The molecule has 1 aliphatic carbocycles. The van der Waals surface area contributed by atoms with E-state index in [1.807, 2.05) is 19.1 Å². The molecule has 98 valence electrons. The molecule has 2 heterocycles. The number of aromatic nitrogens is 3. The van der Waals surface area contributed by atoms with Crippen LogP contribution >= 0.6 is 0 Å². The molecule has 19 heavy (non-hydrogen) atoms. The molecule has 1 fully saturated rings. The van der Waals surface area contributed by atoms with Gasteiger partial charge in [0.2, 0.25) is 0 Å². The maximum absolute atomic E-state index is 12.1.